The van der Waals surface area contributed by atoms with E-state index >= 15 is 0 Å². The van der Waals surface area contributed by atoms with E-state index in [1.54, 1.807) is 16.7 Å². The van der Waals surface area contributed by atoms with Crippen LogP contribution in [0.15, 0.2) is 41.5 Å². The maximum Gasteiger partial charge on any atom is 0.416 e. The summed E-state index contributed by atoms with van der Waals surface area (Å²) in [5.74, 6) is -1.15. The lowest BCUT2D eigenvalue weighted by Crippen LogP contribution is -2.53. The van der Waals surface area contributed by atoms with Crippen LogP contribution >= 0.6 is 0 Å². The zero-order valence-corrected chi connectivity index (χ0v) is 19.8. The molecule has 2 unspecified atom stereocenters. The first kappa shape index (κ1) is 26.5. The zero-order chi connectivity index (χ0) is 25.6. The standard InChI is InChI=1S/C24H30F3N3O5/c1-4-35-22(31)16(2)28-21(33-3)19-13-18(17-5-7-20(8-6-17)24(25,26)27)14-30(15-19)23(32)29-9-11-34-12-10-29/h5-8,18-19H,2,4,9-15H2,1,3H3. The van der Waals surface area contributed by atoms with Crippen molar-refractivity contribution in [2.45, 2.75) is 25.4 Å². The number of methoxy groups -OCH3 is 1. The van der Waals surface area contributed by atoms with Crippen molar-refractivity contribution in [2.75, 3.05) is 53.1 Å². The van der Waals surface area contributed by atoms with Crippen LogP contribution in [0.25, 0.3) is 0 Å². The molecule has 1 aromatic rings. The molecule has 3 rings (SSSR count). The topological polar surface area (TPSA) is 80.7 Å². The van der Waals surface area contributed by atoms with Crippen LogP contribution in [0.1, 0.15) is 30.4 Å². The van der Waals surface area contributed by atoms with Gasteiger partial charge in [-0.1, -0.05) is 18.7 Å². The zero-order valence-electron chi connectivity index (χ0n) is 19.8. The number of carbonyl (C=O) groups excluding carboxylic acids is 2. The van der Waals surface area contributed by atoms with E-state index in [2.05, 4.69) is 11.6 Å². The molecule has 2 fully saturated rings. The Morgan fingerprint density at radius 1 is 1.14 bits per heavy atom. The minimum Gasteiger partial charge on any atom is -0.484 e. The highest BCUT2D eigenvalue weighted by atomic mass is 19.4. The Morgan fingerprint density at radius 2 is 1.80 bits per heavy atom. The largest absolute Gasteiger partial charge is 0.484 e. The molecule has 2 atom stereocenters. The molecule has 0 spiro atoms. The maximum absolute atomic E-state index is 13.3. The number of esters is 1. The van der Waals surface area contributed by atoms with Gasteiger partial charge in [0.05, 0.1) is 38.4 Å². The number of ether oxygens (including phenoxy) is 3. The average Bonchev–Trinajstić information content (AvgIpc) is 2.86. The SMILES string of the molecule is C=C(N=C(OC)C1CC(c2ccc(C(F)(F)F)cc2)CN(C(=O)N2CCOCC2)C1)C(=O)OCC. The first-order chi connectivity index (χ1) is 16.6. The molecule has 2 amide bonds. The normalized spacial score (nSPS) is 21.5. The fourth-order valence-corrected chi connectivity index (χ4v) is 4.27. The number of carbonyl (C=O) groups is 2. The number of aliphatic imine (C=N–C) groups is 1. The molecular weight excluding hydrogens is 467 g/mol. The van der Waals surface area contributed by atoms with Crippen LogP contribution in [-0.2, 0) is 25.2 Å². The molecule has 0 radical (unpaired) electrons. The van der Waals surface area contributed by atoms with Crippen molar-refractivity contribution in [3.05, 3.63) is 47.7 Å². The van der Waals surface area contributed by atoms with Gasteiger partial charge in [0.15, 0.2) is 5.90 Å². The number of likely N-dealkylation sites (tertiary alicyclic amines) is 1. The van der Waals surface area contributed by atoms with E-state index in [1.165, 1.54) is 19.2 Å². The van der Waals surface area contributed by atoms with E-state index in [0.717, 1.165) is 12.1 Å². The summed E-state index contributed by atoms with van der Waals surface area (Å²) < 4.78 is 54.9. The number of piperidine rings is 1. The lowest BCUT2D eigenvalue weighted by Gasteiger charge is -2.41. The first-order valence-electron chi connectivity index (χ1n) is 11.4. The molecule has 1 aromatic carbocycles. The summed E-state index contributed by atoms with van der Waals surface area (Å²) in [6.45, 7) is 7.86. The third-order valence-corrected chi connectivity index (χ3v) is 6.03. The molecular formula is C24H30F3N3O5. The Hall–Kier alpha value is -3.08. The fraction of sp³-hybridized carbons (Fsp3) is 0.542. The minimum absolute atomic E-state index is 0.133. The highest BCUT2D eigenvalue weighted by molar-refractivity contribution is 5.92. The van der Waals surface area contributed by atoms with Crippen LogP contribution in [0, 0.1) is 5.92 Å². The Labute approximate surface area is 202 Å². The second-order valence-corrected chi connectivity index (χ2v) is 8.36. The Morgan fingerprint density at radius 3 is 2.37 bits per heavy atom. The third kappa shape index (κ3) is 6.74. The van der Waals surface area contributed by atoms with Gasteiger partial charge in [-0.2, -0.15) is 13.2 Å². The van der Waals surface area contributed by atoms with E-state index in [0.29, 0.717) is 44.8 Å². The van der Waals surface area contributed by atoms with E-state index in [1.807, 2.05) is 0 Å². The molecule has 0 bridgehead atoms. The lowest BCUT2D eigenvalue weighted by atomic mass is 9.84. The van der Waals surface area contributed by atoms with Gasteiger partial charge in [0, 0.05) is 32.1 Å². The van der Waals surface area contributed by atoms with Crippen LogP contribution in [0.3, 0.4) is 0 Å². The number of hydrogen-bond donors (Lipinski definition) is 0. The Bertz CT molecular complexity index is 943. The van der Waals surface area contributed by atoms with Crippen molar-refractivity contribution >= 4 is 17.9 Å². The van der Waals surface area contributed by atoms with Crippen molar-refractivity contribution in [3.63, 3.8) is 0 Å². The second-order valence-electron chi connectivity index (χ2n) is 8.36. The monoisotopic (exact) mass is 497 g/mol. The van der Waals surface area contributed by atoms with Gasteiger partial charge < -0.3 is 24.0 Å². The summed E-state index contributed by atoms with van der Waals surface area (Å²) in [6.07, 6.45) is -3.98. The van der Waals surface area contributed by atoms with Gasteiger partial charge in [0.2, 0.25) is 0 Å². The summed E-state index contributed by atoms with van der Waals surface area (Å²) in [5.41, 5.74) is -0.201. The molecule has 0 N–H and O–H groups in total. The number of halogens is 3. The van der Waals surface area contributed by atoms with Crippen LogP contribution in [0.4, 0.5) is 18.0 Å². The van der Waals surface area contributed by atoms with Crippen molar-refractivity contribution in [1.82, 2.24) is 9.80 Å². The van der Waals surface area contributed by atoms with Gasteiger partial charge in [0.1, 0.15) is 5.70 Å². The van der Waals surface area contributed by atoms with Gasteiger partial charge in [-0.3, -0.25) is 0 Å². The van der Waals surface area contributed by atoms with E-state index in [9.17, 15) is 22.8 Å². The van der Waals surface area contributed by atoms with E-state index in [-0.39, 0.29) is 36.7 Å². The highest BCUT2D eigenvalue weighted by Crippen LogP contribution is 2.35. The summed E-state index contributed by atoms with van der Waals surface area (Å²) in [5, 5.41) is 0. The quantitative estimate of drug-likeness (QED) is 0.268. The summed E-state index contributed by atoms with van der Waals surface area (Å²) >= 11 is 0. The van der Waals surface area contributed by atoms with Crippen LogP contribution in [-0.4, -0.2) is 80.8 Å². The van der Waals surface area contributed by atoms with Crippen molar-refractivity contribution in [1.29, 1.82) is 0 Å². The molecule has 35 heavy (non-hydrogen) atoms. The van der Waals surface area contributed by atoms with Gasteiger partial charge in [-0.15, -0.1) is 0 Å². The van der Waals surface area contributed by atoms with Crippen molar-refractivity contribution in [2.24, 2.45) is 10.9 Å². The fourth-order valence-electron chi connectivity index (χ4n) is 4.27. The molecule has 2 aliphatic heterocycles. The molecule has 8 nitrogen and oxygen atoms in total. The van der Waals surface area contributed by atoms with Crippen LogP contribution < -0.4 is 0 Å². The summed E-state index contributed by atoms with van der Waals surface area (Å²) in [4.78, 5) is 32.8. The third-order valence-electron chi connectivity index (χ3n) is 6.03. The molecule has 11 heteroatoms. The molecule has 0 saturated carbocycles. The number of hydrogen-bond acceptors (Lipinski definition) is 6. The Balaban J connectivity index is 1.88. The number of nitrogens with zero attached hydrogens (tertiary/aromatic N) is 3. The molecule has 2 heterocycles. The number of amides is 2. The number of alkyl halides is 3. The molecule has 2 saturated heterocycles. The first-order valence-corrected chi connectivity index (χ1v) is 11.4. The molecule has 0 aliphatic carbocycles. The summed E-state index contributed by atoms with van der Waals surface area (Å²) in [7, 11) is 1.41. The van der Waals surface area contributed by atoms with Gasteiger partial charge in [0.25, 0.3) is 0 Å². The van der Waals surface area contributed by atoms with E-state index in [4.69, 9.17) is 14.2 Å². The smallest absolute Gasteiger partial charge is 0.416 e. The van der Waals surface area contributed by atoms with Gasteiger partial charge in [-0.05, 0) is 31.0 Å². The Kier molecular flexibility index (Phi) is 8.76. The number of morpholine rings is 1. The van der Waals surface area contributed by atoms with Crippen molar-refractivity contribution in [3.8, 4) is 0 Å². The molecule has 2 aliphatic rings. The van der Waals surface area contributed by atoms with Gasteiger partial charge >= 0.3 is 18.2 Å². The van der Waals surface area contributed by atoms with Crippen molar-refractivity contribution < 1.29 is 37.0 Å². The number of rotatable bonds is 5. The highest BCUT2D eigenvalue weighted by Gasteiger charge is 2.37. The molecule has 0 aromatic heterocycles. The number of benzene rings is 1. The van der Waals surface area contributed by atoms with Crippen LogP contribution in [0.5, 0.6) is 0 Å². The average molecular weight is 498 g/mol. The minimum atomic E-state index is -4.44. The second kappa shape index (κ2) is 11.6. The number of urea groups is 1. The van der Waals surface area contributed by atoms with Crippen LogP contribution in [0.2, 0.25) is 0 Å². The van der Waals surface area contributed by atoms with E-state index < -0.39 is 23.6 Å². The summed E-state index contributed by atoms with van der Waals surface area (Å²) in [6, 6.07) is 4.78. The van der Waals surface area contributed by atoms with Gasteiger partial charge in [-0.25, -0.2) is 14.6 Å². The predicted molar refractivity (Wildman–Crippen MR) is 122 cm³/mol. The predicted octanol–water partition coefficient (Wildman–Crippen LogP) is 3.68. The molecule has 192 valence electrons. The maximum atomic E-state index is 13.3. The lowest BCUT2D eigenvalue weighted by molar-refractivity contribution is -0.139.